The lowest BCUT2D eigenvalue weighted by Crippen LogP contribution is -2.60. The third-order valence-electron chi connectivity index (χ3n) is 3.09. The van der Waals surface area contributed by atoms with Gasteiger partial charge in [-0.3, -0.25) is 9.59 Å². The first-order valence-electron chi connectivity index (χ1n) is 4.92. The predicted molar refractivity (Wildman–Crippen MR) is 56.1 cm³/mol. The van der Waals surface area contributed by atoms with Crippen LogP contribution >= 0.6 is 12.2 Å². The predicted octanol–water partition coefficient (Wildman–Crippen LogP) is -0.140. The lowest BCUT2D eigenvalue weighted by molar-refractivity contribution is -0.144. The zero-order chi connectivity index (χ0) is 11.0. The summed E-state index contributed by atoms with van der Waals surface area (Å²) in [5.74, 6) is -1.61. The smallest absolute Gasteiger partial charge is 0.306 e. The quantitative estimate of drug-likeness (QED) is 0.544. The van der Waals surface area contributed by atoms with E-state index in [1.807, 2.05) is 0 Å². The van der Waals surface area contributed by atoms with E-state index in [9.17, 15) is 9.59 Å². The van der Waals surface area contributed by atoms with E-state index in [1.54, 1.807) is 0 Å². The van der Waals surface area contributed by atoms with Gasteiger partial charge in [0, 0.05) is 6.04 Å². The van der Waals surface area contributed by atoms with Crippen LogP contribution in [0.1, 0.15) is 19.3 Å². The summed E-state index contributed by atoms with van der Waals surface area (Å²) >= 11 is 4.87. The Balaban J connectivity index is 2.09. The molecule has 0 aromatic rings. The Morgan fingerprint density at radius 2 is 2.20 bits per heavy atom. The number of aliphatic carboxylic acids is 1. The van der Waals surface area contributed by atoms with Crippen molar-refractivity contribution in [2.24, 2.45) is 11.8 Å². The second kappa shape index (κ2) is 3.77. The van der Waals surface area contributed by atoms with Crippen molar-refractivity contribution >= 4 is 29.2 Å². The minimum atomic E-state index is -0.811. The maximum atomic E-state index is 11.6. The molecule has 3 unspecified atom stereocenters. The minimum absolute atomic E-state index is 0.0156. The van der Waals surface area contributed by atoms with Gasteiger partial charge in [0.15, 0.2) is 5.11 Å². The number of hydrogen-bond donors (Lipinski definition) is 3. The van der Waals surface area contributed by atoms with E-state index >= 15 is 0 Å². The van der Waals surface area contributed by atoms with Crippen LogP contribution in [-0.4, -0.2) is 28.1 Å². The highest BCUT2D eigenvalue weighted by Gasteiger charge is 2.40. The van der Waals surface area contributed by atoms with Crippen LogP contribution in [0, 0.1) is 11.8 Å². The normalized spacial score (nSPS) is 35.1. The van der Waals surface area contributed by atoms with Crippen LogP contribution in [0.3, 0.4) is 0 Å². The van der Waals surface area contributed by atoms with Crippen LogP contribution in [0.2, 0.25) is 0 Å². The molecule has 1 amide bonds. The molecule has 2 aliphatic rings. The Labute approximate surface area is 92.2 Å². The van der Waals surface area contributed by atoms with Crippen molar-refractivity contribution in [1.29, 1.82) is 0 Å². The number of nitrogens with one attached hydrogen (secondary N) is 2. The lowest BCUT2D eigenvalue weighted by Gasteiger charge is -2.38. The Hall–Kier alpha value is -1.17. The van der Waals surface area contributed by atoms with Gasteiger partial charge in [-0.2, -0.15) is 0 Å². The summed E-state index contributed by atoms with van der Waals surface area (Å²) in [6, 6.07) is 0.0156. The van der Waals surface area contributed by atoms with Gasteiger partial charge in [-0.25, -0.2) is 0 Å². The summed E-state index contributed by atoms with van der Waals surface area (Å²) in [6.07, 6.45) is 1.70. The van der Waals surface area contributed by atoms with Crippen molar-refractivity contribution in [3.63, 3.8) is 0 Å². The van der Waals surface area contributed by atoms with Gasteiger partial charge in [0.2, 0.25) is 5.91 Å². The first-order valence-corrected chi connectivity index (χ1v) is 5.33. The largest absolute Gasteiger partial charge is 0.481 e. The van der Waals surface area contributed by atoms with Crippen LogP contribution in [0.5, 0.6) is 0 Å². The van der Waals surface area contributed by atoms with E-state index in [1.165, 1.54) is 0 Å². The van der Waals surface area contributed by atoms with Crippen LogP contribution < -0.4 is 10.6 Å². The van der Waals surface area contributed by atoms with Crippen LogP contribution in [0.25, 0.3) is 0 Å². The number of thiocarbonyl (C=S) groups is 1. The standard InChI is InChI=1S/C9H12N2O3S/c12-7-5-3-4(8(13)14)1-2-6(5)10-9(15)11-7/h4-6H,1-3H2,(H,13,14)(H2,10,11,12,15). The monoisotopic (exact) mass is 228 g/mol. The Morgan fingerprint density at radius 1 is 1.47 bits per heavy atom. The van der Waals surface area contributed by atoms with E-state index in [0.29, 0.717) is 24.4 Å². The number of carboxylic acids is 1. The number of carbonyl (C=O) groups is 2. The third-order valence-corrected chi connectivity index (χ3v) is 3.31. The summed E-state index contributed by atoms with van der Waals surface area (Å²) in [7, 11) is 0. The number of carboxylic acid groups (broad SMARTS) is 1. The average molecular weight is 228 g/mol. The lowest BCUT2D eigenvalue weighted by atomic mass is 9.77. The molecule has 5 nitrogen and oxygen atoms in total. The molecule has 0 radical (unpaired) electrons. The molecule has 1 aliphatic heterocycles. The molecule has 0 spiro atoms. The number of rotatable bonds is 1. The number of hydrogen-bond acceptors (Lipinski definition) is 3. The van der Waals surface area contributed by atoms with Crippen LogP contribution in [0.15, 0.2) is 0 Å². The molecule has 0 aromatic heterocycles. The first-order chi connectivity index (χ1) is 7.08. The van der Waals surface area contributed by atoms with Crippen LogP contribution in [0.4, 0.5) is 0 Å². The van der Waals surface area contributed by atoms with Gasteiger partial charge >= 0.3 is 5.97 Å². The second-order valence-electron chi connectivity index (χ2n) is 4.02. The molecule has 3 N–H and O–H groups in total. The summed E-state index contributed by atoms with van der Waals surface area (Å²) in [5, 5.41) is 14.8. The van der Waals surface area contributed by atoms with Gasteiger partial charge in [-0.05, 0) is 31.5 Å². The second-order valence-corrected chi connectivity index (χ2v) is 4.43. The first kappa shape index (κ1) is 10.4. The minimum Gasteiger partial charge on any atom is -0.481 e. The van der Waals surface area contributed by atoms with Gasteiger partial charge < -0.3 is 15.7 Å². The Morgan fingerprint density at radius 3 is 2.87 bits per heavy atom. The van der Waals surface area contributed by atoms with E-state index in [-0.39, 0.29) is 17.9 Å². The maximum absolute atomic E-state index is 11.6. The van der Waals surface area contributed by atoms with E-state index in [0.717, 1.165) is 0 Å². The maximum Gasteiger partial charge on any atom is 0.306 e. The molecule has 0 aromatic carbocycles. The topological polar surface area (TPSA) is 78.4 Å². The highest BCUT2D eigenvalue weighted by Crippen LogP contribution is 2.31. The van der Waals surface area contributed by atoms with Crippen molar-refractivity contribution in [2.45, 2.75) is 25.3 Å². The van der Waals surface area contributed by atoms with Gasteiger partial charge in [0.25, 0.3) is 0 Å². The number of fused-ring (bicyclic) bond motifs is 1. The van der Waals surface area contributed by atoms with Gasteiger partial charge in [-0.15, -0.1) is 0 Å². The summed E-state index contributed by atoms with van der Waals surface area (Å²) in [6.45, 7) is 0. The highest BCUT2D eigenvalue weighted by atomic mass is 32.1. The molecule has 1 heterocycles. The van der Waals surface area contributed by atoms with Crippen molar-refractivity contribution in [3.05, 3.63) is 0 Å². The van der Waals surface area contributed by atoms with Crippen molar-refractivity contribution < 1.29 is 14.7 Å². The van der Waals surface area contributed by atoms with Gasteiger partial charge in [-0.1, -0.05) is 0 Å². The number of carbonyl (C=O) groups excluding carboxylic acids is 1. The summed E-state index contributed by atoms with van der Waals surface area (Å²) in [5.41, 5.74) is 0. The molecule has 3 atom stereocenters. The van der Waals surface area contributed by atoms with Crippen molar-refractivity contribution in [2.75, 3.05) is 0 Å². The molecule has 15 heavy (non-hydrogen) atoms. The Kier molecular flexibility index (Phi) is 2.60. The molecule has 2 rings (SSSR count). The summed E-state index contributed by atoms with van der Waals surface area (Å²) < 4.78 is 0. The van der Waals surface area contributed by atoms with E-state index in [4.69, 9.17) is 17.3 Å². The number of amides is 1. The molecular weight excluding hydrogens is 216 g/mol. The molecule has 1 aliphatic carbocycles. The fraction of sp³-hybridized carbons (Fsp3) is 0.667. The zero-order valence-electron chi connectivity index (χ0n) is 8.03. The molecule has 2 fully saturated rings. The molecular formula is C9H12N2O3S. The van der Waals surface area contributed by atoms with E-state index in [2.05, 4.69) is 10.6 Å². The fourth-order valence-electron chi connectivity index (χ4n) is 2.27. The SMILES string of the molecule is O=C(O)C1CCC2NC(=S)NC(=O)C2C1. The van der Waals surface area contributed by atoms with Crippen LogP contribution in [-0.2, 0) is 9.59 Å². The van der Waals surface area contributed by atoms with Gasteiger partial charge in [0.1, 0.15) is 0 Å². The average Bonchev–Trinajstić information content (AvgIpc) is 2.16. The molecule has 6 heteroatoms. The Bertz CT molecular complexity index is 331. The zero-order valence-corrected chi connectivity index (χ0v) is 8.84. The highest BCUT2D eigenvalue weighted by molar-refractivity contribution is 7.80. The fourth-order valence-corrected chi connectivity index (χ4v) is 2.52. The van der Waals surface area contributed by atoms with E-state index < -0.39 is 11.9 Å². The molecule has 1 saturated heterocycles. The molecule has 1 saturated carbocycles. The summed E-state index contributed by atoms with van der Waals surface area (Å²) in [4.78, 5) is 22.4. The van der Waals surface area contributed by atoms with Crippen molar-refractivity contribution in [1.82, 2.24) is 10.6 Å². The van der Waals surface area contributed by atoms with Crippen molar-refractivity contribution in [3.8, 4) is 0 Å². The molecule has 0 bridgehead atoms. The third kappa shape index (κ3) is 1.94. The van der Waals surface area contributed by atoms with Gasteiger partial charge in [0.05, 0.1) is 11.8 Å². The molecule has 82 valence electrons.